The molecule has 28 heavy (non-hydrogen) atoms. The van der Waals surface area contributed by atoms with Gasteiger partial charge < -0.3 is 15.2 Å². The minimum atomic E-state index is -0.0774. The monoisotopic (exact) mass is 378 g/mol. The molecule has 142 valence electrons. The van der Waals surface area contributed by atoms with E-state index in [-0.39, 0.29) is 18.0 Å². The number of para-hydroxylation sites is 1. The first kappa shape index (κ1) is 18.8. The third-order valence-electron chi connectivity index (χ3n) is 4.08. The number of hydroxylamine groups is 1. The maximum Gasteiger partial charge on any atom is 0.209 e. The molecule has 0 radical (unpaired) electrons. The van der Waals surface area contributed by atoms with Gasteiger partial charge in [0, 0.05) is 5.56 Å². The van der Waals surface area contributed by atoms with Crippen LogP contribution in [0.2, 0.25) is 0 Å². The van der Waals surface area contributed by atoms with Gasteiger partial charge in [-0.05, 0) is 42.0 Å². The van der Waals surface area contributed by atoms with Crippen molar-refractivity contribution in [1.82, 2.24) is 0 Å². The lowest BCUT2D eigenvalue weighted by atomic mass is 10.1. The Morgan fingerprint density at radius 1 is 0.893 bits per heavy atom. The lowest BCUT2D eigenvalue weighted by Gasteiger charge is -2.16. The van der Waals surface area contributed by atoms with Gasteiger partial charge in [0.25, 0.3) is 0 Å². The molecule has 0 aliphatic carbocycles. The van der Waals surface area contributed by atoms with E-state index in [0.29, 0.717) is 22.7 Å². The highest BCUT2D eigenvalue weighted by Crippen LogP contribution is 2.27. The van der Waals surface area contributed by atoms with Crippen LogP contribution in [0.4, 0.5) is 11.4 Å². The molecule has 0 saturated carbocycles. The fourth-order valence-corrected chi connectivity index (χ4v) is 2.69. The zero-order chi connectivity index (χ0) is 19.8. The van der Waals surface area contributed by atoms with E-state index in [1.807, 2.05) is 30.3 Å². The smallest absolute Gasteiger partial charge is 0.209 e. The molecule has 0 amide bonds. The van der Waals surface area contributed by atoms with E-state index < -0.39 is 0 Å². The Labute approximate surface area is 161 Å². The number of rotatable bonds is 8. The van der Waals surface area contributed by atoms with Crippen LogP contribution >= 0.6 is 0 Å². The zero-order valence-corrected chi connectivity index (χ0v) is 14.9. The van der Waals surface area contributed by atoms with Crippen molar-refractivity contribution in [2.75, 3.05) is 5.01 Å². The average Bonchev–Trinajstić information content (AvgIpc) is 2.75. The van der Waals surface area contributed by atoms with Gasteiger partial charge in [0.05, 0.1) is 16.7 Å². The van der Waals surface area contributed by atoms with Gasteiger partial charge in [-0.1, -0.05) is 47.3 Å². The standard InChI is InChI=1S/C20H18N4O4/c25-21-23(27)14-16-6-4-5-7-17(16)15-28-20-12-10-19(11-13-20)24(22-26)18-8-2-1-3-9-18/h1-13,25H,14-15H2/b23-21-. The van der Waals surface area contributed by atoms with Crippen LogP contribution in [0.5, 0.6) is 5.75 Å². The predicted octanol–water partition coefficient (Wildman–Crippen LogP) is 4.94. The maximum absolute atomic E-state index is 11.3. The van der Waals surface area contributed by atoms with Crippen molar-refractivity contribution in [1.29, 1.82) is 0 Å². The summed E-state index contributed by atoms with van der Waals surface area (Å²) in [4.78, 5) is 11.4. The van der Waals surface area contributed by atoms with Crippen LogP contribution in [0, 0.1) is 10.1 Å². The van der Waals surface area contributed by atoms with Gasteiger partial charge in [-0.3, -0.25) is 0 Å². The lowest BCUT2D eigenvalue weighted by molar-refractivity contribution is -0.570. The molecule has 0 aliphatic heterocycles. The van der Waals surface area contributed by atoms with Gasteiger partial charge in [-0.15, -0.1) is 4.91 Å². The number of anilines is 2. The van der Waals surface area contributed by atoms with Crippen molar-refractivity contribution in [2.24, 2.45) is 10.6 Å². The Bertz CT molecular complexity index is 946. The third-order valence-corrected chi connectivity index (χ3v) is 4.08. The van der Waals surface area contributed by atoms with Crippen LogP contribution in [-0.2, 0) is 13.2 Å². The number of hydrogen-bond acceptors (Lipinski definition) is 5. The molecule has 0 bridgehead atoms. The summed E-state index contributed by atoms with van der Waals surface area (Å²) in [5.74, 6) is 0.600. The van der Waals surface area contributed by atoms with Crippen molar-refractivity contribution in [3.05, 3.63) is 100 Å². The van der Waals surface area contributed by atoms with Crippen molar-refractivity contribution in [3.63, 3.8) is 0 Å². The van der Waals surface area contributed by atoms with E-state index in [0.717, 1.165) is 5.56 Å². The highest BCUT2D eigenvalue weighted by molar-refractivity contribution is 5.62. The first-order chi connectivity index (χ1) is 13.7. The molecule has 0 heterocycles. The van der Waals surface area contributed by atoms with E-state index in [4.69, 9.17) is 9.94 Å². The molecule has 3 aromatic rings. The molecule has 0 unspecified atom stereocenters. The molecule has 0 saturated heterocycles. The Hall–Kier alpha value is -3.94. The van der Waals surface area contributed by atoms with Gasteiger partial charge in [-0.2, -0.15) is 5.01 Å². The molecule has 0 fully saturated rings. The summed E-state index contributed by atoms with van der Waals surface area (Å²) in [6.45, 7) is 0.162. The van der Waals surface area contributed by atoms with Crippen LogP contribution in [0.1, 0.15) is 11.1 Å². The largest absolute Gasteiger partial charge is 0.597 e. The third kappa shape index (κ3) is 4.61. The van der Waals surface area contributed by atoms with Crippen molar-refractivity contribution < 1.29 is 14.8 Å². The topological polar surface area (TPSA) is 101 Å². The van der Waals surface area contributed by atoms with E-state index in [2.05, 4.69) is 10.6 Å². The number of nitroso groups, excluding NO2 is 1. The normalized spacial score (nSPS) is 11.1. The first-order valence-electron chi connectivity index (χ1n) is 8.49. The predicted molar refractivity (Wildman–Crippen MR) is 103 cm³/mol. The molecule has 3 aromatic carbocycles. The SMILES string of the molecule is O=NN(c1ccccc1)c1ccc(OCc2ccccc2C/[N+]([O-])=N/O)cc1. The van der Waals surface area contributed by atoms with E-state index in [1.165, 1.54) is 5.01 Å². The second-order valence-corrected chi connectivity index (χ2v) is 5.88. The summed E-state index contributed by atoms with van der Waals surface area (Å²) >= 11 is 0. The van der Waals surface area contributed by atoms with Crippen LogP contribution in [0.3, 0.4) is 0 Å². The minimum absolute atomic E-state index is 0.0774. The van der Waals surface area contributed by atoms with Crippen LogP contribution in [0.25, 0.3) is 0 Å². The van der Waals surface area contributed by atoms with Crippen molar-refractivity contribution >= 4 is 11.4 Å². The summed E-state index contributed by atoms with van der Waals surface area (Å²) in [6.07, 6.45) is 0. The molecular formula is C20H18N4O4. The molecule has 0 spiro atoms. The summed E-state index contributed by atoms with van der Waals surface area (Å²) < 4.78 is 5.78. The van der Waals surface area contributed by atoms with E-state index >= 15 is 0 Å². The molecule has 8 nitrogen and oxygen atoms in total. The highest BCUT2D eigenvalue weighted by Gasteiger charge is 2.10. The molecule has 3 rings (SSSR count). The second kappa shape index (κ2) is 9.13. The van der Waals surface area contributed by atoms with Gasteiger partial charge >= 0.3 is 0 Å². The van der Waals surface area contributed by atoms with Crippen LogP contribution in [0.15, 0.2) is 89.4 Å². The molecular weight excluding hydrogens is 360 g/mol. The lowest BCUT2D eigenvalue weighted by Crippen LogP contribution is -2.07. The zero-order valence-electron chi connectivity index (χ0n) is 14.9. The summed E-state index contributed by atoms with van der Waals surface area (Å²) in [7, 11) is 0. The van der Waals surface area contributed by atoms with Gasteiger partial charge in [0.2, 0.25) is 6.54 Å². The number of hydrogen-bond donors (Lipinski definition) is 1. The number of nitrogens with zero attached hydrogens (tertiary/aromatic N) is 4. The number of ether oxygens (including phenoxy) is 1. The second-order valence-electron chi connectivity index (χ2n) is 5.88. The fraction of sp³-hybridized carbons (Fsp3) is 0.100. The molecule has 0 atom stereocenters. The van der Waals surface area contributed by atoms with Crippen molar-refractivity contribution in [3.8, 4) is 5.75 Å². The Balaban J connectivity index is 1.69. The molecule has 0 aromatic heterocycles. The Morgan fingerprint density at radius 2 is 1.50 bits per heavy atom. The summed E-state index contributed by atoms with van der Waals surface area (Å²) in [5, 5.41) is 26.8. The van der Waals surface area contributed by atoms with E-state index in [9.17, 15) is 10.1 Å². The van der Waals surface area contributed by atoms with Gasteiger partial charge in [0.1, 0.15) is 12.4 Å². The highest BCUT2D eigenvalue weighted by atomic mass is 16.6. The van der Waals surface area contributed by atoms with Gasteiger partial charge in [0.15, 0.2) is 5.28 Å². The van der Waals surface area contributed by atoms with Crippen LogP contribution < -0.4 is 9.75 Å². The number of benzene rings is 3. The minimum Gasteiger partial charge on any atom is -0.597 e. The summed E-state index contributed by atoms with van der Waals surface area (Å²) in [5.41, 5.74) is 2.78. The Morgan fingerprint density at radius 3 is 2.14 bits per heavy atom. The molecule has 1 N–H and O–H groups in total. The van der Waals surface area contributed by atoms with Crippen LogP contribution in [-0.4, -0.2) is 10.1 Å². The summed E-state index contributed by atoms with van der Waals surface area (Å²) in [6, 6.07) is 23.3. The van der Waals surface area contributed by atoms with Gasteiger partial charge in [-0.25, -0.2) is 0 Å². The fourth-order valence-electron chi connectivity index (χ4n) is 2.69. The average molecular weight is 378 g/mol. The Kier molecular flexibility index (Phi) is 6.14. The quantitative estimate of drug-likeness (QED) is 0.259. The molecule has 8 heteroatoms. The molecule has 0 aliphatic rings. The van der Waals surface area contributed by atoms with Crippen molar-refractivity contribution in [2.45, 2.75) is 13.2 Å². The van der Waals surface area contributed by atoms with E-state index in [1.54, 1.807) is 48.5 Å². The maximum atomic E-state index is 11.3. The first-order valence-corrected chi connectivity index (χ1v) is 8.49.